The third kappa shape index (κ3) is 14.3. The molecular weight excluding hydrogens is 1110 g/mol. The molecule has 10 aromatic rings. The van der Waals surface area contributed by atoms with Crippen molar-refractivity contribution in [3.63, 3.8) is 0 Å². The number of rotatable bonds is 17. The van der Waals surface area contributed by atoms with Crippen molar-refractivity contribution in [1.82, 2.24) is 14.0 Å². The van der Waals surface area contributed by atoms with Gasteiger partial charge in [-0.1, -0.05) is 221 Å². The van der Waals surface area contributed by atoms with Crippen molar-refractivity contribution in [3.05, 3.63) is 317 Å². The van der Waals surface area contributed by atoms with Crippen LogP contribution in [0.5, 0.6) is 0 Å². The molecule has 4 heteroatoms. The molecule has 8 aromatic carbocycles. The highest BCUT2D eigenvalue weighted by molar-refractivity contribution is 6.12. The van der Waals surface area contributed by atoms with E-state index >= 15 is 0 Å². The predicted octanol–water partition coefficient (Wildman–Crippen LogP) is 24.2. The van der Waals surface area contributed by atoms with E-state index in [9.17, 15) is 0 Å². The molecule has 2 aliphatic rings. The van der Waals surface area contributed by atoms with E-state index in [1.54, 1.807) is 0 Å². The summed E-state index contributed by atoms with van der Waals surface area (Å²) < 4.78 is 4.94. The summed E-state index contributed by atoms with van der Waals surface area (Å²) in [6.07, 6.45) is 39.0. The van der Waals surface area contributed by atoms with Crippen LogP contribution in [0.25, 0.3) is 89.6 Å². The van der Waals surface area contributed by atoms with E-state index < -0.39 is 0 Å². The minimum absolute atomic E-state index is 0.483. The molecule has 4 nitrogen and oxygen atoms in total. The summed E-state index contributed by atoms with van der Waals surface area (Å²) in [7, 11) is 2.13. The first-order valence-corrected chi connectivity index (χ1v) is 33.1. The zero-order valence-electron chi connectivity index (χ0n) is 56.2. The highest BCUT2D eigenvalue weighted by atomic mass is 15.3. The molecule has 92 heavy (non-hydrogen) atoms. The van der Waals surface area contributed by atoms with E-state index in [0.717, 1.165) is 44.6 Å². The average molecular weight is 1210 g/mol. The van der Waals surface area contributed by atoms with Crippen molar-refractivity contribution < 1.29 is 0 Å². The number of aryl methyl sites for hydroxylation is 3. The Labute approximate surface area is 549 Å². The summed E-state index contributed by atoms with van der Waals surface area (Å²) >= 11 is 0. The van der Waals surface area contributed by atoms with Gasteiger partial charge in [-0.25, -0.2) is 0 Å². The van der Waals surface area contributed by atoms with Crippen molar-refractivity contribution in [2.75, 3.05) is 18.6 Å². The van der Waals surface area contributed by atoms with Crippen LogP contribution in [-0.2, 0) is 13.0 Å². The summed E-state index contributed by atoms with van der Waals surface area (Å²) in [5.41, 5.74) is 27.8. The Morgan fingerprint density at radius 3 is 2.15 bits per heavy atom. The maximum atomic E-state index is 3.89. The van der Waals surface area contributed by atoms with Crippen LogP contribution in [0.15, 0.2) is 262 Å². The maximum absolute atomic E-state index is 3.89. The number of allylic oxidation sites excluding steroid dienone is 16. The van der Waals surface area contributed by atoms with E-state index in [4.69, 9.17) is 0 Å². The molecule has 0 amide bonds. The minimum Gasteiger partial charge on any atom is -0.363 e. The van der Waals surface area contributed by atoms with E-state index in [-0.39, 0.29) is 0 Å². The van der Waals surface area contributed by atoms with Gasteiger partial charge >= 0.3 is 0 Å². The normalized spacial score (nSPS) is 13.6. The number of nitrogens with zero attached hydrogens (tertiary/aromatic N) is 4. The molecule has 0 saturated carbocycles. The smallest absolute Gasteiger partial charge is 0.0898 e. The van der Waals surface area contributed by atoms with Crippen LogP contribution in [-0.4, -0.2) is 27.8 Å². The van der Waals surface area contributed by atoms with Gasteiger partial charge in [0.1, 0.15) is 0 Å². The van der Waals surface area contributed by atoms with E-state index in [1.807, 2.05) is 37.3 Å². The molecule has 2 aromatic heterocycles. The van der Waals surface area contributed by atoms with E-state index in [2.05, 4.69) is 332 Å². The Balaban J connectivity index is 0.000000700. The molecule has 1 aliphatic heterocycles. The second-order valence-electron chi connectivity index (χ2n) is 24.4. The summed E-state index contributed by atoms with van der Waals surface area (Å²) in [4.78, 5) is 4.71. The lowest BCUT2D eigenvalue weighted by atomic mass is 9.88. The lowest BCUT2D eigenvalue weighted by molar-refractivity contribution is 0.443. The molecular formula is C88H92N4. The molecule has 464 valence electrons. The third-order valence-electron chi connectivity index (χ3n) is 18.1. The first-order valence-electron chi connectivity index (χ1n) is 33.1. The first-order chi connectivity index (χ1) is 44.9. The van der Waals surface area contributed by atoms with Gasteiger partial charge < -0.3 is 18.9 Å². The number of para-hydroxylation sites is 1. The number of hydrogen-bond acceptors (Lipinski definition) is 2. The van der Waals surface area contributed by atoms with Crippen molar-refractivity contribution in [1.29, 1.82) is 0 Å². The van der Waals surface area contributed by atoms with Crippen LogP contribution in [0.2, 0.25) is 0 Å². The molecule has 0 unspecified atom stereocenters. The third-order valence-corrected chi connectivity index (χ3v) is 18.1. The fourth-order valence-corrected chi connectivity index (χ4v) is 13.2. The second kappa shape index (κ2) is 30.7. The molecule has 0 bridgehead atoms. The van der Waals surface area contributed by atoms with Gasteiger partial charge in [0.05, 0.1) is 28.9 Å². The van der Waals surface area contributed by atoms with Crippen LogP contribution in [0.3, 0.4) is 0 Å². The number of hydrogen-bond donors (Lipinski definition) is 0. The van der Waals surface area contributed by atoms with Gasteiger partial charge in [0.25, 0.3) is 0 Å². The zero-order chi connectivity index (χ0) is 64.7. The molecule has 0 N–H and O–H groups in total. The molecule has 0 radical (unpaired) electrons. The lowest BCUT2D eigenvalue weighted by Gasteiger charge is -2.36. The highest BCUT2D eigenvalue weighted by Gasteiger charge is 2.26. The van der Waals surface area contributed by atoms with Gasteiger partial charge in [-0.15, -0.1) is 0 Å². The average Bonchev–Trinajstić information content (AvgIpc) is 1.52. The highest BCUT2D eigenvalue weighted by Crippen LogP contribution is 2.45. The van der Waals surface area contributed by atoms with Crippen molar-refractivity contribution in [2.45, 2.75) is 107 Å². The van der Waals surface area contributed by atoms with Crippen molar-refractivity contribution >= 4 is 67.4 Å². The number of aromatic nitrogens is 2. The molecule has 0 spiro atoms. The standard InChI is InChI=1S/C76H74N4.C7H8.C5H10/c1-10-14-29-62(79-71-36-21-17-20-35-66(71)67-48-59(40-43-72(67)79)60-39-41-70-68(49-60)75-53(6)26-24-28-61(75)50-78(70)51-77(9)45-15-11-2)32-25-27-57-37-44-74-76(55(57)8)69-47-58(38-42-73(69)80(74)63-30-18-16-19-31-63)54(7)46-56(13-4)65-34-23-22-33-64(65)52(5)12-3;1-7-5-3-2-4-6-7;1-3-5-4-2/h10-11,13-28,30-34,36-49,52H,2,12,29,35,50-51H2,1,3-9H3;2-6H,1H3;3,5H,4H2,1-2H3/b14-10-,27-25+,45-15-,54-46+,56-13-,62-32+;;5-3-/t52-;;/m1../s1. The second-order valence-corrected chi connectivity index (χ2v) is 24.4. The molecule has 0 fully saturated rings. The van der Waals surface area contributed by atoms with Crippen LogP contribution in [0.1, 0.15) is 129 Å². The Hall–Kier alpha value is -9.90. The van der Waals surface area contributed by atoms with Gasteiger partial charge in [-0.2, -0.15) is 0 Å². The fraction of sp³-hybridized carbons (Fsp3) is 0.205. The fourth-order valence-electron chi connectivity index (χ4n) is 13.2. The van der Waals surface area contributed by atoms with Crippen LogP contribution >= 0.6 is 0 Å². The predicted molar refractivity (Wildman–Crippen MR) is 405 cm³/mol. The number of anilines is 1. The first kappa shape index (κ1) is 65.1. The zero-order valence-corrected chi connectivity index (χ0v) is 56.2. The SMILES string of the molecule is C/C=C\CC.C=C/C=C\N(C)CN1Cc2cccc(C)c2-c2cc(-c3ccc4c(c3)c3c(n4/C(=C/C=C/c4ccc5c(c4C)c4cc(/C(C)=C/C(=C/C)c6ccccc6[C@H](C)CC)ccc4n5-c4ccccc4)C/C=C\C)C=CC=CC3)ccc21.Cc1ccccc1. The van der Waals surface area contributed by atoms with Crippen LogP contribution < -0.4 is 4.90 Å². The monoisotopic (exact) mass is 1200 g/mol. The van der Waals surface area contributed by atoms with Gasteiger partial charge in [-0.05, 0) is 219 Å². The molecule has 12 rings (SSSR count). The number of fused-ring (bicyclic) bond motifs is 9. The minimum atomic E-state index is 0.483. The van der Waals surface area contributed by atoms with Gasteiger partial charge in [0.2, 0.25) is 0 Å². The summed E-state index contributed by atoms with van der Waals surface area (Å²) in [5, 5.41) is 3.82. The summed E-state index contributed by atoms with van der Waals surface area (Å²) in [6.45, 7) is 27.5. The largest absolute Gasteiger partial charge is 0.363 e. The topological polar surface area (TPSA) is 16.3 Å². The van der Waals surface area contributed by atoms with Crippen molar-refractivity contribution in [2.24, 2.45) is 0 Å². The van der Waals surface area contributed by atoms with Gasteiger partial charge in [0, 0.05) is 65.0 Å². The van der Waals surface area contributed by atoms with Crippen molar-refractivity contribution in [3.8, 4) is 27.9 Å². The Kier molecular flexibility index (Phi) is 21.7. The summed E-state index contributed by atoms with van der Waals surface area (Å²) in [6, 6.07) is 62.6. The Morgan fingerprint density at radius 1 is 0.707 bits per heavy atom. The quantitative estimate of drug-likeness (QED) is 0.0667. The Morgan fingerprint density at radius 2 is 1.43 bits per heavy atom. The Bertz CT molecular complexity index is 4540. The molecule has 1 atom stereocenters. The lowest BCUT2D eigenvalue weighted by Crippen LogP contribution is -2.35. The van der Waals surface area contributed by atoms with E-state index in [0.29, 0.717) is 5.92 Å². The van der Waals surface area contributed by atoms with Gasteiger partial charge in [-0.3, -0.25) is 0 Å². The van der Waals surface area contributed by atoms with Gasteiger partial charge in [0.15, 0.2) is 0 Å². The molecule has 1 aliphatic carbocycles. The molecule has 0 saturated heterocycles. The maximum Gasteiger partial charge on any atom is 0.0898 e. The van der Waals surface area contributed by atoms with Crippen LogP contribution in [0, 0.1) is 20.8 Å². The van der Waals surface area contributed by atoms with Crippen LogP contribution in [0.4, 0.5) is 5.69 Å². The molecule has 3 heterocycles. The van der Waals surface area contributed by atoms with E-state index in [1.165, 1.54) is 133 Å². The summed E-state index contributed by atoms with van der Waals surface area (Å²) in [5.74, 6) is 0.483. The number of benzene rings is 8.